The Morgan fingerprint density at radius 3 is 2.60 bits per heavy atom. The highest BCUT2D eigenvalue weighted by Crippen LogP contribution is 2.23. The molecule has 1 rings (SSSR count). The first-order valence-electron chi connectivity index (χ1n) is 4.36. The Morgan fingerprint density at radius 2 is 2.13 bits per heavy atom. The molecule has 0 saturated heterocycles. The van der Waals surface area contributed by atoms with Crippen LogP contribution in [0.5, 0.6) is 0 Å². The zero-order valence-electron chi connectivity index (χ0n) is 8.63. The normalized spacial score (nSPS) is 11.3. The van der Waals surface area contributed by atoms with E-state index in [2.05, 4.69) is 0 Å². The highest BCUT2D eigenvalue weighted by molar-refractivity contribution is 7.90. The minimum absolute atomic E-state index is 0.123. The standard InChI is InChI=1S/C9H13NO3S2/c1-10(5-6-15(2,12)13)9-4-3-8(7-11)14-9/h3-4,7H,5-6H2,1-2H3. The number of hydrogen-bond donors (Lipinski definition) is 0. The molecule has 0 saturated carbocycles. The van der Waals surface area contributed by atoms with E-state index < -0.39 is 9.84 Å². The van der Waals surface area contributed by atoms with Crippen molar-refractivity contribution >= 4 is 32.5 Å². The van der Waals surface area contributed by atoms with Crippen LogP contribution >= 0.6 is 11.3 Å². The molecule has 0 radical (unpaired) electrons. The van der Waals surface area contributed by atoms with Gasteiger partial charge in [-0.25, -0.2) is 8.42 Å². The molecule has 0 fully saturated rings. The van der Waals surface area contributed by atoms with Crippen LogP contribution in [-0.4, -0.2) is 40.3 Å². The second-order valence-corrected chi connectivity index (χ2v) is 6.70. The van der Waals surface area contributed by atoms with Gasteiger partial charge in [0.25, 0.3) is 0 Å². The van der Waals surface area contributed by atoms with E-state index >= 15 is 0 Å². The van der Waals surface area contributed by atoms with Crippen molar-refractivity contribution in [1.82, 2.24) is 0 Å². The molecule has 0 aromatic carbocycles. The largest absolute Gasteiger partial charge is 0.365 e. The number of anilines is 1. The van der Waals surface area contributed by atoms with Crippen molar-refractivity contribution in [2.24, 2.45) is 0 Å². The SMILES string of the molecule is CN(CCS(C)(=O)=O)c1ccc(C=O)s1. The van der Waals surface area contributed by atoms with Crippen LogP contribution in [0, 0.1) is 0 Å². The van der Waals surface area contributed by atoms with E-state index in [1.165, 1.54) is 17.6 Å². The van der Waals surface area contributed by atoms with E-state index in [4.69, 9.17) is 0 Å². The van der Waals surface area contributed by atoms with Gasteiger partial charge in [-0.15, -0.1) is 11.3 Å². The van der Waals surface area contributed by atoms with Gasteiger partial charge in [0, 0.05) is 19.8 Å². The number of aldehydes is 1. The molecule has 0 atom stereocenters. The molecule has 1 aromatic heterocycles. The first-order chi connectivity index (χ1) is 6.92. The molecule has 0 unspecified atom stereocenters. The summed E-state index contributed by atoms with van der Waals surface area (Å²) >= 11 is 1.35. The van der Waals surface area contributed by atoms with Crippen molar-refractivity contribution in [2.45, 2.75) is 0 Å². The van der Waals surface area contributed by atoms with Crippen molar-refractivity contribution in [3.63, 3.8) is 0 Å². The lowest BCUT2D eigenvalue weighted by Crippen LogP contribution is -2.23. The molecule has 0 bridgehead atoms. The number of nitrogens with zero attached hydrogens (tertiary/aromatic N) is 1. The first kappa shape index (κ1) is 12.2. The Bertz CT molecular complexity index is 436. The summed E-state index contributed by atoms with van der Waals surface area (Å²) in [5.41, 5.74) is 0. The van der Waals surface area contributed by atoms with E-state index in [0.717, 1.165) is 11.3 Å². The number of rotatable bonds is 5. The van der Waals surface area contributed by atoms with Gasteiger partial charge in [-0.2, -0.15) is 0 Å². The van der Waals surface area contributed by atoms with Gasteiger partial charge < -0.3 is 4.90 Å². The van der Waals surface area contributed by atoms with E-state index in [1.54, 1.807) is 6.07 Å². The summed E-state index contributed by atoms with van der Waals surface area (Å²) in [5, 5.41) is 0.903. The van der Waals surface area contributed by atoms with Crippen molar-refractivity contribution < 1.29 is 13.2 Å². The van der Waals surface area contributed by atoms with E-state index in [-0.39, 0.29) is 5.75 Å². The van der Waals surface area contributed by atoms with Crippen LogP contribution in [0.25, 0.3) is 0 Å². The summed E-state index contributed by atoms with van der Waals surface area (Å²) < 4.78 is 21.9. The van der Waals surface area contributed by atoms with Gasteiger partial charge in [-0.05, 0) is 12.1 Å². The topological polar surface area (TPSA) is 54.5 Å². The lowest BCUT2D eigenvalue weighted by atomic mass is 10.5. The predicted molar refractivity (Wildman–Crippen MR) is 62.7 cm³/mol. The smallest absolute Gasteiger partial charge is 0.160 e. The number of carbonyl (C=O) groups is 1. The summed E-state index contributed by atoms with van der Waals surface area (Å²) in [7, 11) is -1.12. The average Bonchev–Trinajstić information content (AvgIpc) is 2.61. The van der Waals surface area contributed by atoms with Gasteiger partial charge in [-0.1, -0.05) is 0 Å². The van der Waals surface area contributed by atoms with Gasteiger partial charge in [0.05, 0.1) is 15.6 Å². The fourth-order valence-corrected chi connectivity index (χ4v) is 2.44. The third-order valence-electron chi connectivity index (χ3n) is 1.90. The molecule has 0 amide bonds. The number of carbonyl (C=O) groups excluding carboxylic acids is 1. The van der Waals surface area contributed by atoms with E-state index in [9.17, 15) is 13.2 Å². The van der Waals surface area contributed by atoms with Gasteiger partial charge in [0.2, 0.25) is 0 Å². The minimum Gasteiger partial charge on any atom is -0.365 e. The zero-order valence-corrected chi connectivity index (χ0v) is 10.3. The quantitative estimate of drug-likeness (QED) is 0.730. The third-order valence-corrected chi connectivity index (χ3v) is 3.95. The third kappa shape index (κ3) is 4.01. The molecular formula is C9H13NO3S2. The van der Waals surface area contributed by atoms with Crippen molar-refractivity contribution in [2.75, 3.05) is 30.5 Å². The van der Waals surface area contributed by atoms with Crippen LogP contribution in [0.3, 0.4) is 0 Å². The fraction of sp³-hybridized carbons (Fsp3) is 0.444. The summed E-state index contributed by atoms with van der Waals surface area (Å²) in [4.78, 5) is 12.9. The molecule has 1 aromatic rings. The Hall–Kier alpha value is -0.880. The molecule has 0 aliphatic rings. The maximum Gasteiger partial charge on any atom is 0.160 e. The van der Waals surface area contributed by atoms with Crippen molar-refractivity contribution in [1.29, 1.82) is 0 Å². The summed E-state index contributed by atoms with van der Waals surface area (Å²) in [5.74, 6) is 0.123. The lowest BCUT2D eigenvalue weighted by molar-refractivity contribution is 0.112. The monoisotopic (exact) mass is 247 g/mol. The molecule has 0 aliphatic heterocycles. The van der Waals surface area contributed by atoms with Crippen molar-refractivity contribution in [3.8, 4) is 0 Å². The molecular weight excluding hydrogens is 234 g/mol. The summed E-state index contributed by atoms with van der Waals surface area (Å²) in [6, 6.07) is 3.54. The Kier molecular flexibility index (Phi) is 3.87. The molecule has 0 spiro atoms. The van der Waals surface area contributed by atoms with Crippen LogP contribution in [0.4, 0.5) is 5.00 Å². The number of thiophene rings is 1. The molecule has 0 N–H and O–H groups in total. The predicted octanol–water partition coefficient (Wildman–Crippen LogP) is 1.04. The van der Waals surface area contributed by atoms with Crippen LogP contribution in [0.2, 0.25) is 0 Å². The van der Waals surface area contributed by atoms with Crippen LogP contribution in [-0.2, 0) is 9.84 Å². The molecule has 6 heteroatoms. The van der Waals surface area contributed by atoms with Gasteiger partial charge in [-0.3, -0.25) is 4.79 Å². The van der Waals surface area contributed by atoms with Crippen LogP contribution < -0.4 is 4.90 Å². The van der Waals surface area contributed by atoms with Gasteiger partial charge in [0.1, 0.15) is 9.84 Å². The highest BCUT2D eigenvalue weighted by atomic mass is 32.2. The van der Waals surface area contributed by atoms with E-state index in [1.807, 2.05) is 18.0 Å². The molecule has 4 nitrogen and oxygen atoms in total. The summed E-state index contributed by atoms with van der Waals surface area (Å²) in [6.07, 6.45) is 2.00. The van der Waals surface area contributed by atoms with Crippen molar-refractivity contribution in [3.05, 3.63) is 17.0 Å². The lowest BCUT2D eigenvalue weighted by Gasteiger charge is -2.15. The highest BCUT2D eigenvalue weighted by Gasteiger charge is 2.08. The number of sulfone groups is 1. The summed E-state index contributed by atoms with van der Waals surface area (Å²) in [6.45, 7) is 0.442. The maximum absolute atomic E-state index is 10.9. The Balaban J connectivity index is 2.61. The fourth-order valence-electron chi connectivity index (χ4n) is 1.02. The number of hydrogen-bond acceptors (Lipinski definition) is 5. The van der Waals surface area contributed by atoms with E-state index in [0.29, 0.717) is 11.4 Å². The zero-order chi connectivity index (χ0) is 11.5. The molecule has 84 valence electrons. The van der Waals surface area contributed by atoms with Gasteiger partial charge >= 0.3 is 0 Å². The Labute approximate surface area is 93.4 Å². The Morgan fingerprint density at radius 1 is 1.47 bits per heavy atom. The second-order valence-electron chi connectivity index (χ2n) is 3.35. The molecule has 0 aliphatic carbocycles. The van der Waals surface area contributed by atoms with Crippen LogP contribution in [0.15, 0.2) is 12.1 Å². The van der Waals surface area contributed by atoms with Crippen LogP contribution in [0.1, 0.15) is 9.67 Å². The minimum atomic E-state index is -2.93. The molecule has 1 heterocycles. The second kappa shape index (κ2) is 4.76. The maximum atomic E-state index is 10.9. The average molecular weight is 247 g/mol. The first-order valence-corrected chi connectivity index (χ1v) is 7.24. The molecule has 15 heavy (non-hydrogen) atoms. The van der Waals surface area contributed by atoms with Gasteiger partial charge in [0.15, 0.2) is 6.29 Å².